The number of hydrogen-bond donors (Lipinski definition) is 0. The third-order valence-corrected chi connectivity index (χ3v) is 4.85. The molecular formula is C12H15BrFO4P. The Morgan fingerprint density at radius 3 is 2.37 bits per heavy atom. The molecule has 106 valence electrons. The highest BCUT2D eigenvalue weighted by atomic mass is 79.9. The molecule has 0 aliphatic rings. The van der Waals surface area contributed by atoms with E-state index in [0.29, 0.717) is 4.47 Å². The normalized spacial score (nSPS) is 11.6. The summed E-state index contributed by atoms with van der Waals surface area (Å²) < 4.78 is 35.6. The van der Waals surface area contributed by atoms with Gasteiger partial charge in [0.2, 0.25) is 0 Å². The highest BCUT2D eigenvalue weighted by molar-refractivity contribution is 9.10. The van der Waals surface area contributed by atoms with Crippen LogP contribution in [0.15, 0.2) is 22.7 Å². The van der Waals surface area contributed by atoms with E-state index in [2.05, 4.69) is 15.9 Å². The number of carbonyl (C=O) groups excluding carboxylic acids is 1. The lowest BCUT2D eigenvalue weighted by molar-refractivity contribution is 0.100. The van der Waals surface area contributed by atoms with Crippen LogP contribution in [0, 0.1) is 5.82 Å². The quantitative estimate of drug-likeness (QED) is 0.549. The average Bonchev–Trinajstić information content (AvgIpc) is 2.28. The van der Waals surface area contributed by atoms with Crippen molar-refractivity contribution in [3.8, 4) is 0 Å². The second kappa shape index (κ2) is 7.29. The zero-order valence-electron chi connectivity index (χ0n) is 10.7. The summed E-state index contributed by atoms with van der Waals surface area (Å²) in [7, 11) is -3.44. The molecule has 0 aliphatic carbocycles. The van der Waals surface area contributed by atoms with E-state index < -0.39 is 19.2 Å². The predicted octanol–water partition coefficient (Wildman–Crippen LogP) is 4.04. The van der Waals surface area contributed by atoms with Gasteiger partial charge < -0.3 is 9.05 Å². The Morgan fingerprint density at radius 2 is 1.89 bits per heavy atom. The van der Waals surface area contributed by atoms with Crippen molar-refractivity contribution in [3.05, 3.63) is 34.1 Å². The van der Waals surface area contributed by atoms with Crippen molar-refractivity contribution in [1.29, 1.82) is 0 Å². The molecule has 0 N–H and O–H groups in total. The van der Waals surface area contributed by atoms with Gasteiger partial charge in [0.1, 0.15) is 12.0 Å². The summed E-state index contributed by atoms with van der Waals surface area (Å²) in [6.45, 7) is 3.72. The zero-order valence-corrected chi connectivity index (χ0v) is 13.2. The first-order chi connectivity index (χ1) is 8.91. The van der Waals surface area contributed by atoms with Crippen molar-refractivity contribution in [2.45, 2.75) is 13.8 Å². The molecule has 0 amide bonds. The van der Waals surface area contributed by atoms with E-state index in [1.165, 1.54) is 18.2 Å². The summed E-state index contributed by atoms with van der Waals surface area (Å²) in [6.07, 6.45) is -0.362. The molecule has 0 aliphatic heterocycles. The van der Waals surface area contributed by atoms with E-state index in [4.69, 9.17) is 9.05 Å². The summed E-state index contributed by atoms with van der Waals surface area (Å²) >= 11 is 3.10. The maximum absolute atomic E-state index is 12.9. The van der Waals surface area contributed by atoms with Gasteiger partial charge in [0.15, 0.2) is 5.78 Å². The SMILES string of the molecule is CCOP(=O)(CC(=O)c1ccc(F)cc1Br)OCC. The van der Waals surface area contributed by atoms with Crippen LogP contribution in [0.2, 0.25) is 0 Å². The minimum atomic E-state index is -3.44. The summed E-state index contributed by atoms with van der Waals surface area (Å²) in [6, 6.07) is 3.69. The van der Waals surface area contributed by atoms with Crippen molar-refractivity contribution in [3.63, 3.8) is 0 Å². The maximum Gasteiger partial charge on any atom is 0.338 e. The lowest BCUT2D eigenvalue weighted by atomic mass is 10.1. The number of hydrogen-bond acceptors (Lipinski definition) is 4. The molecule has 0 unspecified atom stereocenters. The molecule has 0 bridgehead atoms. The van der Waals surface area contributed by atoms with Gasteiger partial charge in [-0.15, -0.1) is 0 Å². The van der Waals surface area contributed by atoms with Gasteiger partial charge in [-0.05, 0) is 48.0 Å². The fourth-order valence-electron chi connectivity index (χ4n) is 1.50. The van der Waals surface area contributed by atoms with Crippen molar-refractivity contribution in [2.75, 3.05) is 19.4 Å². The minimum Gasteiger partial charge on any atom is -0.309 e. The van der Waals surface area contributed by atoms with Gasteiger partial charge in [-0.25, -0.2) is 4.39 Å². The van der Waals surface area contributed by atoms with Gasteiger partial charge in [0, 0.05) is 10.0 Å². The van der Waals surface area contributed by atoms with Crippen molar-refractivity contribution >= 4 is 29.3 Å². The van der Waals surface area contributed by atoms with Crippen molar-refractivity contribution < 1.29 is 22.8 Å². The Hall–Kier alpha value is -0.550. The van der Waals surface area contributed by atoms with Crippen molar-refractivity contribution in [2.24, 2.45) is 0 Å². The summed E-state index contributed by atoms with van der Waals surface area (Å²) in [5.74, 6) is -0.877. The van der Waals surface area contributed by atoms with Crippen LogP contribution in [0.5, 0.6) is 0 Å². The molecule has 0 atom stereocenters. The van der Waals surface area contributed by atoms with Gasteiger partial charge in [-0.2, -0.15) is 0 Å². The van der Waals surface area contributed by atoms with Gasteiger partial charge in [0.25, 0.3) is 0 Å². The first-order valence-electron chi connectivity index (χ1n) is 5.78. The van der Waals surface area contributed by atoms with Crippen molar-refractivity contribution in [1.82, 2.24) is 0 Å². The fraction of sp³-hybridized carbons (Fsp3) is 0.417. The molecule has 7 heteroatoms. The van der Waals surface area contributed by atoms with Crippen LogP contribution in [0.3, 0.4) is 0 Å². The number of benzene rings is 1. The number of rotatable bonds is 7. The molecule has 0 heterocycles. The average molecular weight is 353 g/mol. The summed E-state index contributed by atoms with van der Waals surface area (Å²) in [5, 5.41) is 0. The molecule has 0 spiro atoms. The molecule has 1 aromatic carbocycles. The number of Topliss-reactive ketones (excluding diaryl/α,β-unsaturated/α-hetero) is 1. The van der Waals surface area contributed by atoms with E-state index in [0.717, 1.165) is 0 Å². The first-order valence-corrected chi connectivity index (χ1v) is 8.30. The Labute approximate surface area is 120 Å². The molecule has 0 radical (unpaired) electrons. The lowest BCUT2D eigenvalue weighted by Gasteiger charge is -2.16. The predicted molar refractivity (Wildman–Crippen MR) is 74.2 cm³/mol. The molecular weight excluding hydrogens is 338 g/mol. The maximum atomic E-state index is 12.9. The van der Waals surface area contributed by atoms with E-state index >= 15 is 0 Å². The molecule has 1 aromatic rings. The molecule has 0 saturated carbocycles. The van der Waals surface area contributed by atoms with Crippen LogP contribution in [-0.2, 0) is 13.6 Å². The lowest BCUT2D eigenvalue weighted by Crippen LogP contribution is -2.11. The summed E-state index contributed by atoms with van der Waals surface area (Å²) in [4.78, 5) is 12.1. The first kappa shape index (κ1) is 16.5. The molecule has 1 rings (SSSR count). The van der Waals surface area contributed by atoms with Gasteiger partial charge in [0.05, 0.1) is 13.2 Å². The molecule has 0 aromatic heterocycles. The molecule has 0 fully saturated rings. The highest BCUT2D eigenvalue weighted by Crippen LogP contribution is 2.48. The van der Waals surface area contributed by atoms with Crippen LogP contribution in [0.4, 0.5) is 4.39 Å². The zero-order chi connectivity index (χ0) is 14.5. The Bertz CT molecular complexity index is 497. The number of ketones is 1. The Balaban J connectivity index is 2.91. The fourth-order valence-corrected chi connectivity index (χ4v) is 3.64. The molecule has 4 nitrogen and oxygen atoms in total. The smallest absolute Gasteiger partial charge is 0.309 e. The van der Waals surface area contributed by atoms with Crippen LogP contribution < -0.4 is 0 Å². The standard InChI is InChI=1S/C12H15BrFO4P/c1-3-17-19(16,18-4-2)8-12(15)10-6-5-9(14)7-11(10)13/h5-7H,3-4,8H2,1-2H3. The summed E-state index contributed by atoms with van der Waals surface area (Å²) in [5.41, 5.74) is 0.251. The van der Waals surface area contributed by atoms with E-state index in [-0.39, 0.29) is 24.9 Å². The van der Waals surface area contributed by atoms with Crippen LogP contribution in [0.1, 0.15) is 24.2 Å². The Morgan fingerprint density at radius 1 is 1.32 bits per heavy atom. The van der Waals surface area contributed by atoms with Crippen LogP contribution >= 0.6 is 23.5 Å². The van der Waals surface area contributed by atoms with Gasteiger partial charge in [-0.1, -0.05) is 0 Å². The third kappa shape index (κ3) is 4.80. The topological polar surface area (TPSA) is 52.6 Å². The largest absolute Gasteiger partial charge is 0.338 e. The van der Waals surface area contributed by atoms with E-state index in [9.17, 15) is 13.8 Å². The van der Waals surface area contributed by atoms with E-state index in [1.807, 2.05) is 0 Å². The third-order valence-electron chi connectivity index (χ3n) is 2.22. The number of carbonyl (C=O) groups is 1. The van der Waals surface area contributed by atoms with Crippen LogP contribution in [-0.4, -0.2) is 25.2 Å². The Kier molecular flexibility index (Phi) is 6.33. The second-order valence-electron chi connectivity index (χ2n) is 3.65. The highest BCUT2D eigenvalue weighted by Gasteiger charge is 2.28. The van der Waals surface area contributed by atoms with E-state index in [1.54, 1.807) is 13.8 Å². The van der Waals surface area contributed by atoms with Gasteiger partial charge in [-0.3, -0.25) is 9.36 Å². The van der Waals surface area contributed by atoms with Gasteiger partial charge >= 0.3 is 7.60 Å². The molecule has 19 heavy (non-hydrogen) atoms. The monoisotopic (exact) mass is 352 g/mol. The second-order valence-corrected chi connectivity index (χ2v) is 6.56. The minimum absolute atomic E-state index is 0.190. The molecule has 0 saturated heterocycles. The van der Waals surface area contributed by atoms with Crippen LogP contribution in [0.25, 0.3) is 0 Å². The number of halogens is 2.